The highest BCUT2D eigenvalue weighted by Crippen LogP contribution is 2.25. The number of nitrogens with one attached hydrogen (secondary N) is 1. The Morgan fingerprint density at radius 1 is 1.26 bits per heavy atom. The second kappa shape index (κ2) is 5.45. The molecule has 1 aromatic heterocycles. The molecule has 0 radical (unpaired) electrons. The zero-order chi connectivity index (χ0) is 14.2. The molecule has 2 aromatic rings. The van der Waals surface area contributed by atoms with Crippen molar-refractivity contribution in [1.82, 2.24) is 9.55 Å². The Labute approximate surface area is 118 Å². The maximum absolute atomic E-state index is 13.6. The van der Waals surface area contributed by atoms with Gasteiger partial charge in [-0.3, -0.25) is 0 Å². The molecule has 0 aliphatic carbocycles. The van der Waals surface area contributed by atoms with Crippen LogP contribution < -0.4 is 0 Å². The van der Waals surface area contributed by atoms with Crippen molar-refractivity contribution in [3.63, 3.8) is 0 Å². The Kier molecular flexibility index (Phi) is 4.09. The van der Waals surface area contributed by atoms with Gasteiger partial charge in [-0.05, 0) is 62.5 Å². The Bertz CT molecular complexity index is 639. The molecule has 1 unspecified atom stereocenters. The summed E-state index contributed by atoms with van der Waals surface area (Å²) < 4.78 is 16.4. The van der Waals surface area contributed by atoms with Gasteiger partial charge in [0.1, 0.15) is 5.82 Å². The van der Waals surface area contributed by atoms with Crippen molar-refractivity contribution in [1.29, 1.82) is 0 Å². The normalized spacial score (nSPS) is 13.4. The van der Waals surface area contributed by atoms with Crippen LogP contribution in [0.1, 0.15) is 45.2 Å². The van der Waals surface area contributed by atoms with Crippen LogP contribution in [0.5, 0.6) is 0 Å². The van der Waals surface area contributed by atoms with Gasteiger partial charge < -0.3 is 9.55 Å². The zero-order valence-corrected chi connectivity index (χ0v) is 12.8. The molecule has 2 rings (SSSR count). The van der Waals surface area contributed by atoms with Crippen LogP contribution in [0.25, 0.3) is 11.0 Å². The topological polar surface area (TPSA) is 20.7 Å². The molecule has 4 heteroatoms. The average Bonchev–Trinajstić information content (AvgIpc) is 2.62. The van der Waals surface area contributed by atoms with Gasteiger partial charge in [0, 0.05) is 6.04 Å². The molecule has 0 saturated carbocycles. The minimum atomic E-state index is -0.189. The molecule has 1 atom stereocenters. The van der Waals surface area contributed by atoms with E-state index < -0.39 is 0 Å². The van der Waals surface area contributed by atoms with Crippen LogP contribution in [-0.4, -0.2) is 9.55 Å². The van der Waals surface area contributed by atoms with Gasteiger partial charge in [0.15, 0.2) is 4.77 Å². The van der Waals surface area contributed by atoms with E-state index in [1.807, 2.05) is 6.07 Å². The number of H-pyrrole nitrogens is 1. The van der Waals surface area contributed by atoms with Gasteiger partial charge in [-0.25, -0.2) is 4.39 Å². The summed E-state index contributed by atoms with van der Waals surface area (Å²) in [4.78, 5) is 3.10. The van der Waals surface area contributed by atoms with Crippen LogP contribution in [0, 0.1) is 23.4 Å². The number of aromatic amines is 1. The molecular formula is C15H21FN2S. The molecule has 0 spiro atoms. The fourth-order valence-corrected chi connectivity index (χ4v) is 2.78. The van der Waals surface area contributed by atoms with Crippen LogP contribution in [0.3, 0.4) is 0 Å². The van der Waals surface area contributed by atoms with Crippen molar-refractivity contribution in [2.24, 2.45) is 5.92 Å². The first-order valence-electron chi connectivity index (χ1n) is 6.80. The monoisotopic (exact) mass is 280 g/mol. The van der Waals surface area contributed by atoms with E-state index in [2.05, 4.69) is 30.3 Å². The molecular weight excluding hydrogens is 259 g/mol. The smallest absolute Gasteiger partial charge is 0.178 e. The summed E-state index contributed by atoms with van der Waals surface area (Å²) in [5.74, 6) is 0.492. The molecule has 104 valence electrons. The average molecular weight is 280 g/mol. The Balaban J connectivity index is 2.45. The number of hydrogen-bond acceptors (Lipinski definition) is 1. The summed E-state index contributed by atoms with van der Waals surface area (Å²) in [5.41, 5.74) is 2.44. The fraction of sp³-hybridized carbons (Fsp3) is 0.533. The van der Waals surface area contributed by atoms with Crippen molar-refractivity contribution in [2.45, 2.75) is 46.6 Å². The molecule has 2 nitrogen and oxygen atoms in total. The van der Waals surface area contributed by atoms with Gasteiger partial charge in [0.05, 0.1) is 11.0 Å². The standard InChI is InChI=1S/C15H21FN2S/c1-9(2)5-6-11(4)18-14-7-10(3)12(16)8-13(14)17-15(18)19/h7-9,11H,5-6H2,1-4H3,(H,17,19). The van der Waals surface area contributed by atoms with Crippen molar-refractivity contribution < 1.29 is 4.39 Å². The maximum Gasteiger partial charge on any atom is 0.178 e. The van der Waals surface area contributed by atoms with Crippen molar-refractivity contribution in [3.05, 3.63) is 28.3 Å². The molecule has 0 saturated heterocycles. The molecule has 19 heavy (non-hydrogen) atoms. The number of aromatic nitrogens is 2. The molecule has 0 amide bonds. The molecule has 1 N–H and O–H groups in total. The maximum atomic E-state index is 13.6. The van der Waals surface area contributed by atoms with E-state index in [9.17, 15) is 4.39 Å². The fourth-order valence-electron chi connectivity index (χ4n) is 2.39. The van der Waals surface area contributed by atoms with E-state index in [0.29, 0.717) is 22.3 Å². The SMILES string of the molecule is Cc1cc2c(cc1F)[nH]c(=S)n2C(C)CCC(C)C. The molecule has 0 bridgehead atoms. The number of rotatable bonds is 4. The number of nitrogens with zero attached hydrogens (tertiary/aromatic N) is 1. The second-order valence-corrected chi connectivity index (χ2v) is 6.13. The number of hydrogen-bond donors (Lipinski definition) is 1. The van der Waals surface area contributed by atoms with E-state index in [4.69, 9.17) is 12.2 Å². The predicted molar refractivity (Wildman–Crippen MR) is 80.6 cm³/mol. The van der Waals surface area contributed by atoms with E-state index in [-0.39, 0.29) is 5.82 Å². The van der Waals surface area contributed by atoms with E-state index in [1.54, 1.807) is 6.92 Å². The minimum absolute atomic E-state index is 0.189. The van der Waals surface area contributed by atoms with E-state index in [0.717, 1.165) is 23.9 Å². The Hall–Kier alpha value is -1.16. The summed E-state index contributed by atoms with van der Waals surface area (Å²) in [6.07, 6.45) is 2.24. The largest absolute Gasteiger partial charge is 0.330 e. The summed E-state index contributed by atoms with van der Waals surface area (Å²) in [6, 6.07) is 3.74. The highest BCUT2D eigenvalue weighted by atomic mass is 32.1. The Morgan fingerprint density at radius 2 is 1.95 bits per heavy atom. The van der Waals surface area contributed by atoms with Gasteiger partial charge in [-0.15, -0.1) is 0 Å². The van der Waals surface area contributed by atoms with Crippen molar-refractivity contribution in [3.8, 4) is 0 Å². The minimum Gasteiger partial charge on any atom is -0.330 e. The van der Waals surface area contributed by atoms with Gasteiger partial charge >= 0.3 is 0 Å². The third kappa shape index (κ3) is 2.89. The summed E-state index contributed by atoms with van der Waals surface area (Å²) in [6.45, 7) is 8.40. The van der Waals surface area contributed by atoms with Crippen LogP contribution >= 0.6 is 12.2 Å². The van der Waals surface area contributed by atoms with Crippen LogP contribution in [0.15, 0.2) is 12.1 Å². The molecule has 1 heterocycles. The summed E-state index contributed by atoms with van der Waals surface area (Å²) in [5, 5.41) is 0. The number of fused-ring (bicyclic) bond motifs is 1. The number of halogens is 1. The van der Waals surface area contributed by atoms with Crippen LogP contribution in [0.4, 0.5) is 4.39 Å². The quantitative estimate of drug-likeness (QED) is 0.769. The molecule has 0 fully saturated rings. The third-order valence-corrected chi connectivity index (χ3v) is 3.90. The zero-order valence-electron chi connectivity index (χ0n) is 12.0. The van der Waals surface area contributed by atoms with Crippen molar-refractivity contribution in [2.75, 3.05) is 0 Å². The lowest BCUT2D eigenvalue weighted by atomic mass is 10.0. The lowest BCUT2D eigenvalue weighted by Crippen LogP contribution is -2.06. The first kappa shape index (κ1) is 14.3. The van der Waals surface area contributed by atoms with Gasteiger partial charge in [-0.2, -0.15) is 0 Å². The van der Waals surface area contributed by atoms with Crippen LogP contribution in [0.2, 0.25) is 0 Å². The molecule has 0 aliphatic heterocycles. The molecule has 1 aromatic carbocycles. The first-order chi connectivity index (χ1) is 8.90. The lowest BCUT2D eigenvalue weighted by molar-refractivity contribution is 0.443. The summed E-state index contributed by atoms with van der Waals surface area (Å²) in [7, 11) is 0. The number of imidazole rings is 1. The van der Waals surface area contributed by atoms with Gasteiger partial charge in [-0.1, -0.05) is 13.8 Å². The number of aryl methyl sites for hydroxylation is 1. The van der Waals surface area contributed by atoms with Crippen LogP contribution in [-0.2, 0) is 0 Å². The van der Waals surface area contributed by atoms with E-state index in [1.165, 1.54) is 6.07 Å². The number of benzene rings is 1. The van der Waals surface area contributed by atoms with Gasteiger partial charge in [0.2, 0.25) is 0 Å². The highest BCUT2D eigenvalue weighted by Gasteiger charge is 2.13. The van der Waals surface area contributed by atoms with Crippen molar-refractivity contribution >= 4 is 23.3 Å². The van der Waals surface area contributed by atoms with Gasteiger partial charge in [0.25, 0.3) is 0 Å². The second-order valence-electron chi connectivity index (χ2n) is 5.74. The highest BCUT2D eigenvalue weighted by molar-refractivity contribution is 7.71. The summed E-state index contributed by atoms with van der Waals surface area (Å²) >= 11 is 5.38. The first-order valence-corrected chi connectivity index (χ1v) is 7.21. The third-order valence-electron chi connectivity index (χ3n) is 3.60. The lowest BCUT2D eigenvalue weighted by Gasteiger charge is -2.16. The predicted octanol–water partition coefficient (Wildman–Crippen LogP) is 5.14. The Morgan fingerprint density at radius 3 is 2.58 bits per heavy atom. The molecule has 0 aliphatic rings. The van der Waals surface area contributed by atoms with E-state index >= 15 is 0 Å².